The van der Waals surface area contributed by atoms with Crippen molar-refractivity contribution < 1.29 is 13.6 Å². The van der Waals surface area contributed by atoms with Crippen molar-refractivity contribution in [3.05, 3.63) is 96.3 Å². The number of carbonyl (C=O) groups excluding carboxylic acids is 1. The van der Waals surface area contributed by atoms with Crippen molar-refractivity contribution >= 4 is 18.3 Å². The second kappa shape index (κ2) is 17.7. The van der Waals surface area contributed by atoms with Gasteiger partial charge in [-0.3, -0.25) is 4.79 Å². The molecule has 0 aliphatic carbocycles. The Morgan fingerprint density at radius 3 is 2.46 bits per heavy atom. The van der Waals surface area contributed by atoms with E-state index in [1.165, 1.54) is 11.8 Å². The van der Waals surface area contributed by atoms with Crippen molar-refractivity contribution in [2.45, 2.75) is 52.4 Å². The van der Waals surface area contributed by atoms with Gasteiger partial charge in [0.15, 0.2) is 0 Å². The van der Waals surface area contributed by atoms with E-state index in [1.807, 2.05) is 51.3 Å². The summed E-state index contributed by atoms with van der Waals surface area (Å²) in [5.41, 5.74) is 3.84. The first-order chi connectivity index (χ1) is 18.6. The van der Waals surface area contributed by atoms with E-state index in [0.717, 1.165) is 36.2 Å². The maximum atomic E-state index is 12.9. The fourth-order valence-corrected chi connectivity index (χ4v) is 3.64. The summed E-state index contributed by atoms with van der Waals surface area (Å²) >= 11 is 0. The Labute approximate surface area is 232 Å². The molecule has 0 saturated carbocycles. The Balaban J connectivity index is 0.000000301. The Morgan fingerprint density at radius 2 is 1.97 bits per heavy atom. The fourth-order valence-electron chi connectivity index (χ4n) is 3.64. The lowest BCUT2D eigenvalue weighted by Crippen LogP contribution is -2.39. The highest BCUT2D eigenvalue weighted by Crippen LogP contribution is 2.29. The summed E-state index contributed by atoms with van der Waals surface area (Å²) in [5, 5.41) is 2.98. The van der Waals surface area contributed by atoms with Crippen molar-refractivity contribution in [1.82, 2.24) is 15.2 Å². The average molecular weight is 540 g/mol. The van der Waals surface area contributed by atoms with Gasteiger partial charge in [0.1, 0.15) is 17.9 Å². The van der Waals surface area contributed by atoms with Crippen molar-refractivity contribution in [1.29, 1.82) is 0 Å². The molecule has 8 heteroatoms. The van der Waals surface area contributed by atoms with Crippen LogP contribution < -0.4 is 10.2 Å². The van der Waals surface area contributed by atoms with Crippen LogP contribution in [0.3, 0.4) is 0 Å². The van der Waals surface area contributed by atoms with Crippen LogP contribution in [-0.2, 0) is 0 Å². The second-order valence-electron chi connectivity index (χ2n) is 8.88. The standard InChI is InChI=1S/C12H19N.C11H12F2N2O.C8H12N2/c1-6-9-10-13(5)12(8-3)11(4)7-2;12-11(13)2-5-15(6-3-11)10-7-9(8-16)1-4-14-10;1-3-7-4-5-8(9-2)10-6-7/h7-10H,2,4,6H2,1,3,5H3;1,4,7-8H,2-3,5-6H2;3,5-6,9H,4H2,1-2H3/b10-9+,12-8-;;7-3+. The average Bonchev–Trinajstić information content (AvgIpc) is 2.97. The van der Waals surface area contributed by atoms with Gasteiger partial charge in [-0.25, -0.2) is 18.8 Å². The zero-order chi connectivity index (χ0) is 29.3. The molecular weight excluding hydrogens is 496 g/mol. The van der Waals surface area contributed by atoms with Gasteiger partial charge in [-0.05, 0) is 62.2 Å². The van der Waals surface area contributed by atoms with Crippen LogP contribution >= 0.6 is 0 Å². The van der Waals surface area contributed by atoms with E-state index in [-0.39, 0.29) is 25.9 Å². The molecule has 0 amide bonds. The van der Waals surface area contributed by atoms with E-state index < -0.39 is 5.92 Å². The van der Waals surface area contributed by atoms with Gasteiger partial charge in [0.2, 0.25) is 0 Å². The number of aliphatic imine (C=N–C) groups is 1. The number of rotatable bonds is 8. The third kappa shape index (κ3) is 12.1. The first-order valence-corrected chi connectivity index (χ1v) is 13.1. The van der Waals surface area contributed by atoms with Crippen LogP contribution in [0.15, 0.2) is 95.7 Å². The number of alkyl halides is 2. The first kappa shape index (κ1) is 33.2. The Bertz CT molecular complexity index is 1090. The van der Waals surface area contributed by atoms with Gasteiger partial charge in [-0.2, -0.15) is 0 Å². The van der Waals surface area contributed by atoms with Gasteiger partial charge in [0.25, 0.3) is 5.92 Å². The number of carbonyl (C=O) groups is 1. The molecule has 1 fully saturated rings. The molecule has 1 saturated heterocycles. The predicted octanol–water partition coefficient (Wildman–Crippen LogP) is 7.09. The molecule has 2 aliphatic rings. The number of pyridine rings is 1. The minimum Gasteiger partial charge on any atom is -0.373 e. The summed E-state index contributed by atoms with van der Waals surface area (Å²) in [4.78, 5) is 22.6. The zero-order valence-electron chi connectivity index (χ0n) is 24.0. The first-order valence-electron chi connectivity index (χ1n) is 13.1. The minimum absolute atomic E-state index is 0.153. The molecule has 3 rings (SSSR count). The quantitative estimate of drug-likeness (QED) is 0.282. The molecule has 0 aromatic carbocycles. The molecule has 0 atom stereocenters. The molecule has 0 unspecified atom stereocenters. The SMILES string of the molecule is C/C=C1/C=NC(NC)=CC1.C=CC(=C)/C(=C/C)N(C)/C=C/CC.O=Cc1ccnc(N2CCC(F)(F)CC2)c1. The molecule has 1 aromatic heterocycles. The summed E-state index contributed by atoms with van der Waals surface area (Å²) < 4.78 is 25.9. The fraction of sp³-hybridized carbons (Fsp3) is 0.387. The molecule has 6 nitrogen and oxygen atoms in total. The van der Waals surface area contributed by atoms with E-state index in [0.29, 0.717) is 11.4 Å². The molecule has 3 heterocycles. The number of anilines is 1. The lowest BCUT2D eigenvalue weighted by Gasteiger charge is -2.32. The maximum absolute atomic E-state index is 12.9. The normalized spacial score (nSPS) is 17.3. The predicted molar refractivity (Wildman–Crippen MR) is 160 cm³/mol. The van der Waals surface area contributed by atoms with Crippen LogP contribution in [0.2, 0.25) is 0 Å². The van der Waals surface area contributed by atoms with E-state index in [9.17, 15) is 13.6 Å². The smallest absolute Gasteiger partial charge is 0.251 e. The molecule has 212 valence electrons. The van der Waals surface area contributed by atoms with Crippen molar-refractivity contribution in [2.75, 3.05) is 32.1 Å². The lowest BCUT2D eigenvalue weighted by atomic mass is 10.1. The van der Waals surface area contributed by atoms with Gasteiger partial charge in [-0.1, -0.05) is 44.4 Å². The number of halogens is 2. The highest BCUT2D eigenvalue weighted by atomic mass is 19.3. The second-order valence-corrected chi connectivity index (χ2v) is 8.88. The lowest BCUT2D eigenvalue weighted by molar-refractivity contribution is -0.0221. The molecule has 39 heavy (non-hydrogen) atoms. The van der Waals surface area contributed by atoms with E-state index >= 15 is 0 Å². The number of likely N-dealkylation sites (N-methyl/N-ethyl adjacent to an activating group) is 1. The number of allylic oxidation sites excluding steroid dienone is 6. The number of nitrogens with zero attached hydrogens (tertiary/aromatic N) is 4. The summed E-state index contributed by atoms with van der Waals surface area (Å²) in [7, 11) is 3.89. The zero-order valence-corrected chi connectivity index (χ0v) is 24.0. The van der Waals surface area contributed by atoms with Gasteiger partial charge >= 0.3 is 0 Å². The third-order valence-electron chi connectivity index (χ3n) is 6.05. The molecule has 0 bridgehead atoms. The van der Waals surface area contributed by atoms with Crippen LogP contribution in [0.5, 0.6) is 0 Å². The Morgan fingerprint density at radius 1 is 1.28 bits per heavy atom. The Hall–Kier alpha value is -3.81. The van der Waals surface area contributed by atoms with E-state index in [4.69, 9.17) is 0 Å². The van der Waals surface area contributed by atoms with Gasteiger partial charge < -0.3 is 15.1 Å². The number of hydrogen-bond acceptors (Lipinski definition) is 6. The highest BCUT2D eigenvalue weighted by Gasteiger charge is 2.34. The molecule has 0 radical (unpaired) electrons. The third-order valence-corrected chi connectivity index (χ3v) is 6.05. The largest absolute Gasteiger partial charge is 0.373 e. The molecular formula is C31H43F2N5O. The van der Waals surface area contributed by atoms with Crippen molar-refractivity contribution in [3.8, 4) is 0 Å². The van der Waals surface area contributed by atoms with E-state index in [1.54, 1.807) is 23.1 Å². The van der Waals surface area contributed by atoms with Crippen molar-refractivity contribution in [3.63, 3.8) is 0 Å². The van der Waals surface area contributed by atoms with Gasteiger partial charge in [-0.15, -0.1) is 0 Å². The van der Waals surface area contributed by atoms with Crippen LogP contribution in [-0.4, -0.2) is 55.5 Å². The van der Waals surface area contributed by atoms with Gasteiger partial charge in [0.05, 0.1) is 0 Å². The molecule has 2 aliphatic heterocycles. The summed E-state index contributed by atoms with van der Waals surface area (Å²) in [5.74, 6) is -0.996. The topological polar surface area (TPSA) is 60.8 Å². The summed E-state index contributed by atoms with van der Waals surface area (Å²) in [6, 6.07) is 3.21. The molecule has 0 spiro atoms. The minimum atomic E-state index is -2.56. The monoisotopic (exact) mass is 539 g/mol. The number of aldehydes is 1. The molecule has 1 N–H and O–H groups in total. The molecule has 1 aromatic rings. The van der Waals surface area contributed by atoms with Crippen LogP contribution in [0.4, 0.5) is 14.6 Å². The van der Waals surface area contributed by atoms with Crippen LogP contribution in [0.25, 0.3) is 0 Å². The number of nitrogens with one attached hydrogen (secondary N) is 1. The Kier molecular flexibility index (Phi) is 15.0. The summed E-state index contributed by atoms with van der Waals surface area (Å²) in [6.07, 6.45) is 18.0. The van der Waals surface area contributed by atoms with Crippen molar-refractivity contribution in [2.24, 2.45) is 4.99 Å². The maximum Gasteiger partial charge on any atom is 0.251 e. The van der Waals surface area contributed by atoms with E-state index in [2.05, 4.69) is 53.6 Å². The highest BCUT2D eigenvalue weighted by molar-refractivity contribution is 5.80. The van der Waals surface area contributed by atoms with Gasteiger partial charge in [0, 0.05) is 63.7 Å². The number of hydrogen-bond donors (Lipinski definition) is 1. The number of aromatic nitrogens is 1. The van der Waals surface area contributed by atoms with Crippen LogP contribution in [0.1, 0.15) is 56.8 Å². The van der Waals surface area contributed by atoms with Crippen LogP contribution in [0, 0.1) is 0 Å². The number of piperidine rings is 1. The summed E-state index contributed by atoms with van der Waals surface area (Å²) in [6.45, 7) is 14.3.